The van der Waals surface area contributed by atoms with Crippen molar-refractivity contribution in [2.24, 2.45) is 5.73 Å². The second-order valence-corrected chi connectivity index (χ2v) is 9.62. The van der Waals surface area contributed by atoms with Gasteiger partial charge in [0.25, 0.3) is 5.91 Å². The maximum absolute atomic E-state index is 13.2. The first-order chi connectivity index (χ1) is 21.2. The average molecular weight is 598 g/mol. The average Bonchev–Trinajstić information content (AvgIpc) is 3.42. The molecule has 0 spiro atoms. The van der Waals surface area contributed by atoms with Gasteiger partial charge in [-0.2, -0.15) is 13.2 Å². The Bertz CT molecular complexity index is 2010. The van der Waals surface area contributed by atoms with E-state index in [4.69, 9.17) is 10.2 Å². The molecule has 4 aromatic carbocycles. The Hall–Kier alpha value is -5.75. The summed E-state index contributed by atoms with van der Waals surface area (Å²) in [6.45, 7) is 0.0992. The minimum Gasteiger partial charge on any atom is -0.455 e. The molecule has 0 atom stereocenters. The maximum Gasteiger partial charge on any atom is 0.493 e. The number of para-hydroxylation sites is 2. The van der Waals surface area contributed by atoms with Gasteiger partial charge in [-0.05, 0) is 54.1 Å². The van der Waals surface area contributed by atoms with Gasteiger partial charge in [-0.3, -0.25) is 4.79 Å². The zero-order valence-electron chi connectivity index (χ0n) is 22.7. The summed E-state index contributed by atoms with van der Waals surface area (Å²) in [5, 5.41) is 5.34. The Labute approximate surface area is 247 Å². The molecule has 0 saturated heterocycles. The normalized spacial score (nSPS) is 11.5. The third-order valence-corrected chi connectivity index (χ3v) is 6.72. The first-order valence-corrected chi connectivity index (χ1v) is 13.2. The van der Waals surface area contributed by atoms with Crippen molar-refractivity contribution in [1.29, 1.82) is 0 Å². The molecule has 0 aliphatic heterocycles. The van der Waals surface area contributed by atoms with Gasteiger partial charge in [0, 0.05) is 40.2 Å². The third-order valence-electron chi connectivity index (χ3n) is 6.72. The molecule has 44 heavy (non-hydrogen) atoms. The van der Waals surface area contributed by atoms with Crippen LogP contribution in [0.4, 0.5) is 30.4 Å². The second-order valence-electron chi connectivity index (χ2n) is 9.62. The van der Waals surface area contributed by atoms with Gasteiger partial charge < -0.3 is 20.3 Å². The molecule has 0 bridgehead atoms. The highest BCUT2D eigenvalue weighted by molar-refractivity contribution is 6.09. The molecule has 6 aromatic rings. The van der Waals surface area contributed by atoms with Crippen LogP contribution in [-0.2, 0) is 16.2 Å². The Morgan fingerprint density at radius 2 is 1.64 bits per heavy atom. The molecule has 1 amide bonds. The molecule has 3 N–H and O–H groups in total. The lowest BCUT2D eigenvalue weighted by Crippen LogP contribution is -2.38. The lowest BCUT2D eigenvalue weighted by Gasteiger charge is -2.22. The van der Waals surface area contributed by atoms with Crippen molar-refractivity contribution in [3.63, 3.8) is 0 Å². The summed E-state index contributed by atoms with van der Waals surface area (Å²) in [5.74, 6) is -3.11. The molecule has 220 valence electrons. The van der Waals surface area contributed by atoms with Crippen LogP contribution in [0.25, 0.3) is 33.2 Å². The number of nitrogens with zero attached hydrogens (tertiary/aromatic N) is 3. The second kappa shape index (κ2) is 11.5. The molecule has 9 nitrogen and oxygen atoms in total. The third kappa shape index (κ3) is 5.65. The van der Waals surface area contributed by atoms with Crippen molar-refractivity contribution >= 4 is 51.0 Å². The first-order valence-electron chi connectivity index (χ1n) is 13.2. The number of hydrogen-bond acceptors (Lipinski definition) is 8. The summed E-state index contributed by atoms with van der Waals surface area (Å²) in [7, 11) is 0. The van der Waals surface area contributed by atoms with Crippen LogP contribution in [0.5, 0.6) is 0 Å². The number of benzene rings is 4. The zero-order chi connectivity index (χ0) is 30.8. The number of rotatable bonds is 6. The SMILES string of the molecule is NCc1cccc(C(=O)N(OC(=O)C(F)(F)F)c2ccc(Nc3cc(-c4cccc5c4oc4ccccc45)ncn3)cc2)c1. The largest absolute Gasteiger partial charge is 0.493 e. The summed E-state index contributed by atoms with van der Waals surface area (Å²) < 4.78 is 45.3. The summed E-state index contributed by atoms with van der Waals surface area (Å²) >= 11 is 0. The van der Waals surface area contributed by atoms with Crippen LogP contribution in [-0.4, -0.2) is 28.0 Å². The summed E-state index contributed by atoms with van der Waals surface area (Å²) in [5.41, 5.74) is 9.34. The number of amides is 1. The van der Waals surface area contributed by atoms with E-state index in [1.165, 1.54) is 48.8 Å². The monoisotopic (exact) mass is 597 g/mol. The van der Waals surface area contributed by atoms with E-state index < -0.39 is 18.1 Å². The lowest BCUT2D eigenvalue weighted by molar-refractivity contribution is -0.199. The number of hydrogen-bond donors (Lipinski definition) is 2. The van der Waals surface area contributed by atoms with Crippen molar-refractivity contribution in [3.8, 4) is 11.3 Å². The molecule has 2 heterocycles. The molecule has 12 heteroatoms. The number of aromatic nitrogens is 2. The Morgan fingerprint density at radius 1 is 0.886 bits per heavy atom. The fourth-order valence-corrected chi connectivity index (χ4v) is 4.64. The number of nitrogens with two attached hydrogens (primary N) is 1. The topological polar surface area (TPSA) is 124 Å². The van der Waals surface area contributed by atoms with Gasteiger partial charge in [-0.15, -0.1) is 5.06 Å². The molecular weight excluding hydrogens is 575 g/mol. The fourth-order valence-electron chi connectivity index (χ4n) is 4.64. The predicted molar refractivity (Wildman–Crippen MR) is 158 cm³/mol. The number of furan rings is 1. The maximum atomic E-state index is 13.2. The van der Waals surface area contributed by atoms with Gasteiger partial charge in [-0.1, -0.05) is 42.5 Å². The predicted octanol–water partition coefficient (Wildman–Crippen LogP) is 6.91. The van der Waals surface area contributed by atoms with Crippen molar-refractivity contribution in [3.05, 3.63) is 115 Å². The number of halogens is 3. The van der Waals surface area contributed by atoms with Crippen LogP contribution < -0.4 is 16.1 Å². The number of hydroxylamine groups is 1. The quantitative estimate of drug-likeness (QED) is 0.199. The Morgan fingerprint density at radius 3 is 2.41 bits per heavy atom. The highest BCUT2D eigenvalue weighted by Crippen LogP contribution is 2.35. The molecular formula is C32H22F3N5O4. The molecule has 0 aliphatic rings. The van der Waals surface area contributed by atoms with Gasteiger partial charge in [0.2, 0.25) is 0 Å². The van der Waals surface area contributed by atoms with Gasteiger partial charge in [0.05, 0.1) is 11.4 Å². The first kappa shape index (κ1) is 28.4. The number of carbonyl (C=O) groups excluding carboxylic acids is 2. The van der Waals surface area contributed by atoms with E-state index in [0.717, 1.165) is 21.9 Å². The fraction of sp³-hybridized carbons (Fsp3) is 0.0625. The van der Waals surface area contributed by atoms with Crippen molar-refractivity contribution < 1.29 is 32.0 Å². The zero-order valence-corrected chi connectivity index (χ0v) is 22.7. The number of carbonyl (C=O) groups is 2. The minimum atomic E-state index is -5.32. The van der Waals surface area contributed by atoms with E-state index in [0.29, 0.717) is 33.4 Å². The van der Waals surface area contributed by atoms with E-state index >= 15 is 0 Å². The highest BCUT2D eigenvalue weighted by Gasteiger charge is 2.44. The van der Waals surface area contributed by atoms with Crippen molar-refractivity contribution in [2.45, 2.75) is 12.7 Å². The van der Waals surface area contributed by atoms with Gasteiger partial charge in [0.1, 0.15) is 23.3 Å². The summed E-state index contributed by atoms with van der Waals surface area (Å²) in [4.78, 5) is 38.1. The van der Waals surface area contributed by atoms with E-state index in [-0.39, 0.29) is 17.8 Å². The minimum absolute atomic E-state index is 0.0156. The van der Waals surface area contributed by atoms with Crippen LogP contribution >= 0.6 is 0 Å². The van der Waals surface area contributed by atoms with Crippen LogP contribution in [0.3, 0.4) is 0 Å². The number of alkyl halides is 3. The smallest absolute Gasteiger partial charge is 0.455 e. The van der Waals surface area contributed by atoms with Crippen molar-refractivity contribution in [2.75, 3.05) is 10.4 Å². The van der Waals surface area contributed by atoms with Gasteiger partial charge in [-0.25, -0.2) is 14.8 Å². The van der Waals surface area contributed by atoms with E-state index in [2.05, 4.69) is 20.1 Å². The number of nitrogens with one attached hydrogen (secondary N) is 1. The molecule has 2 aromatic heterocycles. The molecule has 0 fully saturated rings. The number of anilines is 3. The van der Waals surface area contributed by atoms with Gasteiger partial charge >= 0.3 is 12.1 Å². The molecule has 0 aliphatic carbocycles. The van der Waals surface area contributed by atoms with Gasteiger partial charge in [0.15, 0.2) is 0 Å². The van der Waals surface area contributed by atoms with E-state index in [1.54, 1.807) is 12.1 Å². The summed E-state index contributed by atoms with van der Waals surface area (Å²) in [6, 6.07) is 26.8. The summed E-state index contributed by atoms with van der Waals surface area (Å²) in [6.07, 6.45) is -3.93. The molecule has 0 radical (unpaired) electrons. The Balaban J connectivity index is 1.27. The van der Waals surface area contributed by atoms with E-state index in [1.807, 2.05) is 42.5 Å². The van der Waals surface area contributed by atoms with Crippen LogP contribution in [0.2, 0.25) is 0 Å². The van der Waals surface area contributed by atoms with Crippen LogP contribution in [0.1, 0.15) is 15.9 Å². The Kier molecular flexibility index (Phi) is 7.41. The van der Waals surface area contributed by atoms with Crippen LogP contribution in [0.15, 0.2) is 108 Å². The lowest BCUT2D eigenvalue weighted by atomic mass is 10.1. The van der Waals surface area contributed by atoms with Crippen LogP contribution in [0, 0.1) is 0 Å². The van der Waals surface area contributed by atoms with Crippen molar-refractivity contribution in [1.82, 2.24) is 9.97 Å². The standard InChI is InChI=1S/C32H22F3N5O4/c33-32(34,35)31(42)44-40(30(41)20-6-3-5-19(15-20)17-36)22-13-11-21(12-14-22)39-28-16-26(37-18-38-28)25-9-4-8-24-23-7-1-2-10-27(23)43-29(24)25/h1-16,18H,17,36H2,(H,37,38,39). The molecule has 0 unspecified atom stereocenters. The van der Waals surface area contributed by atoms with E-state index in [9.17, 15) is 22.8 Å². The molecule has 6 rings (SSSR count). The number of fused-ring (bicyclic) bond motifs is 3. The molecule has 0 saturated carbocycles. The highest BCUT2D eigenvalue weighted by atomic mass is 19.4.